The van der Waals surface area contributed by atoms with E-state index >= 15 is 0 Å². The van der Waals surface area contributed by atoms with E-state index in [9.17, 15) is 9.18 Å². The van der Waals surface area contributed by atoms with Crippen LogP contribution in [0.2, 0.25) is 0 Å². The van der Waals surface area contributed by atoms with Gasteiger partial charge in [0.25, 0.3) is 0 Å². The molecule has 0 bridgehead atoms. The molecule has 0 radical (unpaired) electrons. The number of aromatic nitrogens is 1. The Hall–Kier alpha value is -1.07. The maximum absolute atomic E-state index is 13.6. The van der Waals surface area contributed by atoms with Crippen molar-refractivity contribution in [1.82, 2.24) is 4.98 Å². The summed E-state index contributed by atoms with van der Waals surface area (Å²) in [4.78, 5) is 16.0. The van der Waals surface area contributed by atoms with Crippen LogP contribution in [0.5, 0.6) is 0 Å². The quantitative estimate of drug-likeness (QED) is 0.757. The molecular formula is C13H8Br2FNO. The maximum Gasteiger partial charge on any atom is 0.186 e. The summed E-state index contributed by atoms with van der Waals surface area (Å²) in [5, 5.41) is 0. The number of benzene rings is 1. The van der Waals surface area contributed by atoms with Crippen molar-refractivity contribution in [3.63, 3.8) is 0 Å². The van der Waals surface area contributed by atoms with Gasteiger partial charge in [0.2, 0.25) is 0 Å². The minimum absolute atomic E-state index is 0.00523. The highest BCUT2D eigenvalue weighted by Crippen LogP contribution is 2.19. The van der Waals surface area contributed by atoms with Crippen LogP contribution >= 0.6 is 31.9 Å². The molecule has 0 atom stereocenters. The number of rotatable bonds is 3. The smallest absolute Gasteiger partial charge is 0.186 e. The van der Waals surface area contributed by atoms with Gasteiger partial charge in [-0.3, -0.25) is 9.78 Å². The fourth-order valence-corrected chi connectivity index (χ4v) is 2.32. The maximum atomic E-state index is 13.6. The lowest BCUT2D eigenvalue weighted by atomic mass is 10.1. The molecule has 5 heteroatoms. The van der Waals surface area contributed by atoms with E-state index in [2.05, 4.69) is 36.8 Å². The summed E-state index contributed by atoms with van der Waals surface area (Å²) >= 11 is 6.43. The highest BCUT2D eigenvalue weighted by atomic mass is 79.9. The number of Topliss-reactive ketones (excluding diaryl/α,β-unsaturated/α-hetero) is 1. The predicted octanol–water partition coefficient (Wildman–Crippen LogP) is 4.17. The minimum atomic E-state index is -0.398. The fourth-order valence-electron chi connectivity index (χ4n) is 1.51. The van der Waals surface area contributed by atoms with Crippen LogP contribution in [0.25, 0.3) is 0 Å². The highest BCUT2D eigenvalue weighted by Gasteiger charge is 2.14. The molecule has 92 valence electrons. The first kappa shape index (κ1) is 13.4. The van der Waals surface area contributed by atoms with Gasteiger partial charge in [0, 0.05) is 21.6 Å². The standard InChI is InChI=1S/C13H8Br2FNO/c14-9-4-3-8(11(16)7-9)6-12(18)13-10(15)2-1-5-17-13/h1-5,7H,6H2. The Balaban J connectivity index is 2.24. The molecule has 2 aromatic rings. The molecular weight excluding hydrogens is 365 g/mol. The second-order valence-corrected chi connectivity index (χ2v) is 5.44. The minimum Gasteiger partial charge on any atom is -0.292 e. The summed E-state index contributed by atoms with van der Waals surface area (Å²) in [6.07, 6.45) is 1.53. The van der Waals surface area contributed by atoms with Gasteiger partial charge in [0.05, 0.1) is 0 Å². The van der Waals surface area contributed by atoms with Crippen molar-refractivity contribution in [2.75, 3.05) is 0 Å². The Morgan fingerprint density at radius 3 is 2.72 bits per heavy atom. The van der Waals surface area contributed by atoms with E-state index in [1.165, 1.54) is 12.3 Å². The number of carbonyl (C=O) groups is 1. The molecule has 2 nitrogen and oxygen atoms in total. The van der Waals surface area contributed by atoms with E-state index in [-0.39, 0.29) is 12.2 Å². The van der Waals surface area contributed by atoms with Gasteiger partial charge in [0.15, 0.2) is 5.78 Å². The van der Waals surface area contributed by atoms with Crippen LogP contribution in [0.4, 0.5) is 4.39 Å². The van der Waals surface area contributed by atoms with Crippen molar-refractivity contribution < 1.29 is 9.18 Å². The van der Waals surface area contributed by atoms with E-state index in [0.29, 0.717) is 20.2 Å². The van der Waals surface area contributed by atoms with Crippen LogP contribution in [-0.4, -0.2) is 10.8 Å². The van der Waals surface area contributed by atoms with E-state index in [4.69, 9.17) is 0 Å². The third-order valence-corrected chi connectivity index (χ3v) is 3.52. The Kier molecular flexibility index (Phi) is 4.24. The molecule has 0 aliphatic rings. The molecule has 0 amide bonds. The molecule has 1 aromatic heterocycles. The van der Waals surface area contributed by atoms with Gasteiger partial charge in [0.1, 0.15) is 11.5 Å². The molecule has 0 saturated heterocycles. The van der Waals surface area contributed by atoms with Crippen molar-refractivity contribution >= 4 is 37.6 Å². The van der Waals surface area contributed by atoms with Crippen molar-refractivity contribution in [3.05, 3.63) is 62.5 Å². The monoisotopic (exact) mass is 371 g/mol. The average Bonchev–Trinajstić information content (AvgIpc) is 2.33. The Morgan fingerprint density at radius 2 is 2.06 bits per heavy atom. The summed E-state index contributed by atoms with van der Waals surface area (Å²) in [6.45, 7) is 0. The van der Waals surface area contributed by atoms with Crippen LogP contribution < -0.4 is 0 Å². The third kappa shape index (κ3) is 3.03. The Morgan fingerprint density at radius 1 is 1.28 bits per heavy atom. The van der Waals surface area contributed by atoms with Gasteiger partial charge in [-0.05, 0) is 45.8 Å². The summed E-state index contributed by atoms with van der Waals surface area (Å²) < 4.78 is 14.9. The summed E-state index contributed by atoms with van der Waals surface area (Å²) in [7, 11) is 0. The van der Waals surface area contributed by atoms with Crippen LogP contribution in [0.1, 0.15) is 16.1 Å². The number of pyridine rings is 1. The Bertz CT molecular complexity index is 601. The highest BCUT2D eigenvalue weighted by molar-refractivity contribution is 9.10. The largest absolute Gasteiger partial charge is 0.292 e. The third-order valence-electron chi connectivity index (χ3n) is 2.39. The zero-order valence-corrected chi connectivity index (χ0v) is 12.3. The molecule has 18 heavy (non-hydrogen) atoms. The molecule has 0 N–H and O–H groups in total. The lowest BCUT2D eigenvalue weighted by Crippen LogP contribution is -2.08. The SMILES string of the molecule is O=C(Cc1ccc(Br)cc1F)c1ncccc1Br. The molecule has 0 fully saturated rings. The number of carbonyl (C=O) groups excluding carboxylic acids is 1. The molecule has 0 aliphatic carbocycles. The summed E-state index contributed by atoms with van der Waals surface area (Å²) in [5.41, 5.74) is 0.681. The average molecular weight is 373 g/mol. The van der Waals surface area contributed by atoms with Crippen molar-refractivity contribution in [3.8, 4) is 0 Å². The van der Waals surface area contributed by atoms with Gasteiger partial charge >= 0.3 is 0 Å². The van der Waals surface area contributed by atoms with Crippen LogP contribution in [0.15, 0.2) is 45.5 Å². The molecule has 0 unspecified atom stereocenters. The molecule has 0 spiro atoms. The van der Waals surface area contributed by atoms with Crippen LogP contribution in [0, 0.1) is 5.82 Å². The summed E-state index contributed by atoms with van der Waals surface area (Å²) in [6, 6.07) is 8.10. The summed E-state index contributed by atoms with van der Waals surface area (Å²) in [5.74, 6) is -0.617. The van der Waals surface area contributed by atoms with Crippen LogP contribution in [0.3, 0.4) is 0 Å². The number of hydrogen-bond acceptors (Lipinski definition) is 2. The molecule has 1 aromatic carbocycles. The van der Waals surface area contributed by atoms with Gasteiger partial charge in [-0.15, -0.1) is 0 Å². The second-order valence-electron chi connectivity index (χ2n) is 3.67. The van der Waals surface area contributed by atoms with E-state index in [1.807, 2.05) is 0 Å². The molecule has 2 rings (SSSR count). The fraction of sp³-hybridized carbons (Fsp3) is 0.0769. The molecule has 1 heterocycles. The normalized spacial score (nSPS) is 10.4. The van der Waals surface area contributed by atoms with Gasteiger partial charge < -0.3 is 0 Å². The first-order valence-corrected chi connectivity index (χ1v) is 6.74. The lowest BCUT2D eigenvalue weighted by Gasteiger charge is -2.04. The van der Waals surface area contributed by atoms with Crippen molar-refractivity contribution in [2.24, 2.45) is 0 Å². The van der Waals surface area contributed by atoms with Crippen LogP contribution in [-0.2, 0) is 6.42 Å². The Labute approximate surface area is 121 Å². The molecule has 0 aliphatic heterocycles. The zero-order chi connectivity index (χ0) is 13.1. The van der Waals surface area contributed by atoms with E-state index in [1.54, 1.807) is 24.3 Å². The second kappa shape index (κ2) is 5.71. The van der Waals surface area contributed by atoms with E-state index < -0.39 is 5.82 Å². The van der Waals surface area contributed by atoms with Crippen molar-refractivity contribution in [1.29, 1.82) is 0 Å². The van der Waals surface area contributed by atoms with Gasteiger partial charge in [-0.1, -0.05) is 22.0 Å². The van der Waals surface area contributed by atoms with E-state index in [0.717, 1.165) is 0 Å². The van der Waals surface area contributed by atoms with Crippen molar-refractivity contribution in [2.45, 2.75) is 6.42 Å². The predicted molar refractivity (Wildman–Crippen MR) is 74.1 cm³/mol. The first-order chi connectivity index (χ1) is 8.58. The number of hydrogen-bond donors (Lipinski definition) is 0. The number of nitrogens with zero attached hydrogens (tertiary/aromatic N) is 1. The molecule has 0 saturated carbocycles. The lowest BCUT2D eigenvalue weighted by molar-refractivity contribution is 0.0986. The topological polar surface area (TPSA) is 30.0 Å². The first-order valence-electron chi connectivity index (χ1n) is 5.15. The zero-order valence-electron chi connectivity index (χ0n) is 9.16. The van der Waals surface area contributed by atoms with Gasteiger partial charge in [-0.2, -0.15) is 0 Å². The number of ketones is 1. The number of halogens is 3. The van der Waals surface area contributed by atoms with Gasteiger partial charge in [-0.25, -0.2) is 4.39 Å².